The minimum absolute atomic E-state index is 0.258. The van der Waals surface area contributed by atoms with E-state index in [1.165, 1.54) is 25.7 Å². The molecule has 1 rings (SSSR count). The number of halogens is 3. The maximum atomic E-state index is 12.5. The normalized spacial score (nSPS) is 19.4. The molecule has 1 heterocycles. The summed E-state index contributed by atoms with van der Waals surface area (Å²) >= 11 is 0. The summed E-state index contributed by atoms with van der Waals surface area (Å²) in [5.41, 5.74) is 0. The third-order valence-corrected chi connectivity index (χ3v) is 4.40. The van der Waals surface area contributed by atoms with Gasteiger partial charge in [0.05, 0.1) is 0 Å². The smallest absolute Gasteiger partial charge is 0.458 e. The first-order valence-electron chi connectivity index (χ1n) is 9.32. The van der Waals surface area contributed by atoms with Crippen LogP contribution in [0.2, 0.25) is 0 Å². The molecule has 0 aromatic carbocycles. The average molecular weight is 366 g/mol. The SMILES string of the molecule is CCCCCCCCCCC(OC(=O)C(F)(F)F)[C@H]1CCCC(=O)O1. The van der Waals surface area contributed by atoms with E-state index < -0.39 is 30.3 Å². The molecule has 2 atom stereocenters. The second-order valence-electron chi connectivity index (χ2n) is 6.63. The number of ether oxygens (including phenoxy) is 2. The molecule has 0 aliphatic carbocycles. The molecular weight excluding hydrogens is 337 g/mol. The van der Waals surface area contributed by atoms with E-state index in [0.717, 1.165) is 19.3 Å². The van der Waals surface area contributed by atoms with Crippen molar-refractivity contribution in [3.63, 3.8) is 0 Å². The number of esters is 2. The van der Waals surface area contributed by atoms with E-state index in [9.17, 15) is 22.8 Å². The molecule has 0 aromatic heterocycles. The predicted molar refractivity (Wildman–Crippen MR) is 86.9 cm³/mol. The van der Waals surface area contributed by atoms with Crippen LogP contribution in [0, 0.1) is 0 Å². The molecule has 1 aliphatic rings. The van der Waals surface area contributed by atoms with Gasteiger partial charge in [-0.25, -0.2) is 4.79 Å². The van der Waals surface area contributed by atoms with Gasteiger partial charge in [-0.3, -0.25) is 4.79 Å². The summed E-state index contributed by atoms with van der Waals surface area (Å²) in [7, 11) is 0. The Balaban J connectivity index is 2.40. The Morgan fingerprint density at radius 3 is 2.32 bits per heavy atom. The molecule has 0 spiro atoms. The minimum atomic E-state index is -5.03. The summed E-state index contributed by atoms with van der Waals surface area (Å²) < 4.78 is 47.1. The lowest BCUT2D eigenvalue weighted by Gasteiger charge is -2.30. The fourth-order valence-electron chi connectivity index (χ4n) is 3.00. The fraction of sp³-hybridized carbons (Fsp3) is 0.889. The molecule has 0 amide bonds. The Morgan fingerprint density at radius 1 is 1.16 bits per heavy atom. The number of cyclic esters (lactones) is 1. The van der Waals surface area contributed by atoms with E-state index >= 15 is 0 Å². The van der Waals surface area contributed by atoms with E-state index in [4.69, 9.17) is 4.74 Å². The topological polar surface area (TPSA) is 52.6 Å². The standard InChI is InChI=1S/C18H29F3O4/c1-2-3-4-5-6-7-8-9-11-15(25-17(23)18(19,20)21)14-12-10-13-16(22)24-14/h14-15H,2-13H2,1H3/t14-,15?/m1/s1. The van der Waals surface area contributed by atoms with E-state index in [0.29, 0.717) is 19.3 Å². The highest BCUT2D eigenvalue weighted by Gasteiger charge is 2.44. The highest BCUT2D eigenvalue weighted by molar-refractivity contribution is 5.76. The number of hydrogen-bond donors (Lipinski definition) is 0. The van der Waals surface area contributed by atoms with Crippen LogP contribution in [0.5, 0.6) is 0 Å². The summed E-state index contributed by atoms with van der Waals surface area (Å²) in [6, 6.07) is 0. The number of alkyl halides is 3. The van der Waals surface area contributed by atoms with Crippen molar-refractivity contribution < 1.29 is 32.2 Å². The molecule has 1 unspecified atom stereocenters. The molecule has 0 saturated carbocycles. The van der Waals surface area contributed by atoms with E-state index in [-0.39, 0.29) is 12.8 Å². The average Bonchev–Trinajstić information content (AvgIpc) is 2.55. The Bertz CT molecular complexity index is 410. The molecule has 146 valence electrons. The van der Waals surface area contributed by atoms with Gasteiger partial charge in [-0.1, -0.05) is 51.9 Å². The molecule has 0 radical (unpaired) electrons. The van der Waals surface area contributed by atoms with Crippen LogP contribution in [0.4, 0.5) is 13.2 Å². The van der Waals surface area contributed by atoms with Crippen molar-refractivity contribution >= 4 is 11.9 Å². The van der Waals surface area contributed by atoms with Gasteiger partial charge in [0, 0.05) is 6.42 Å². The first-order chi connectivity index (χ1) is 11.8. The van der Waals surface area contributed by atoms with Crippen LogP contribution >= 0.6 is 0 Å². The van der Waals surface area contributed by atoms with Gasteiger partial charge in [0.2, 0.25) is 0 Å². The largest absolute Gasteiger partial charge is 0.490 e. The van der Waals surface area contributed by atoms with Crippen molar-refractivity contribution in [2.45, 2.75) is 102 Å². The Hall–Kier alpha value is -1.27. The fourth-order valence-corrected chi connectivity index (χ4v) is 3.00. The predicted octanol–water partition coefficient (Wildman–Crippen LogP) is 5.09. The van der Waals surface area contributed by atoms with E-state index in [1.54, 1.807) is 0 Å². The first kappa shape index (κ1) is 21.8. The molecule has 4 nitrogen and oxygen atoms in total. The summed E-state index contributed by atoms with van der Waals surface area (Å²) in [4.78, 5) is 22.5. The Labute approximate surface area is 147 Å². The molecule has 25 heavy (non-hydrogen) atoms. The first-order valence-corrected chi connectivity index (χ1v) is 9.32. The maximum Gasteiger partial charge on any atom is 0.490 e. The molecule has 1 fully saturated rings. The van der Waals surface area contributed by atoms with Crippen molar-refractivity contribution in [2.75, 3.05) is 0 Å². The highest BCUT2D eigenvalue weighted by atomic mass is 19.4. The number of hydrogen-bond acceptors (Lipinski definition) is 4. The number of rotatable bonds is 11. The molecule has 0 N–H and O–H groups in total. The van der Waals surface area contributed by atoms with E-state index in [2.05, 4.69) is 11.7 Å². The van der Waals surface area contributed by atoms with Crippen LogP contribution in [0.25, 0.3) is 0 Å². The van der Waals surface area contributed by atoms with Crippen LogP contribution in [0.1, 0.15) is 84.0 Å². The summed E-state index contributed by atoms with van der Waals surface area (Å²) in [5.74, 6) is -2.65. The maximum absolute atomic E-state index is 12.5. The van der Waals surface area contributed by atoms with Gasteiger partial charge >= 0.3 is 18.1 Å². The van der Waals surface area contributed by atoms with Gasteiger partial charge in [-0.15, -0.1) is 0 Å². The molecular formula is C18H29F3O4. The summed E-state index contributed by atoms with van der Waals surface area (Å²) in [6.07, 6.45) is 3.12. The van der Waals surface area contributed by atoms with E-state index in [1.807, 2.05) is 0 Å². The zero-order valence-electron chi connectivity index (χ0n) is 14.9. The lowest BCUT2D eigenvalue weighted by atomic mass is 9.98. The van der Waals surface area contributed by atoms with Crippen molar-refractivity contribution in [1.29, 1.82) is 0 Å². The third-order valence-electron chi connectivity index (χ3n) is 4.40. The van der Waals surface area contributed by atoms with Crippen molar-refractivity contribution in [1.82, 2.24) is 0 Å². The van der Waals surface area contributed by atoms with Crippen molar-refractivity contribution in [3.8, 4) is 0 Å². The van der Waals surface area contributed by atoms with Gasteiger partial charge in [0.15, 0.2) is 0 Å². The monoisotopic (exact) mass is 366 g/mol. The van der Waals surface area contributed by atoms with Gasteiger partial charge in [-0.2, -0.15) is 13.2 Å². The lowest BCUT2D eigenvalue weighted by Crippen LogP contribution is -2.40. The molecule has 1 saturated heterocycles. The summed E-state index contributed by atoms with van der Waals surface area (Å²) in [6.45, 7) is 2.15. The number of carbonyl (C=O) groups is 2. The minimum Gasteiger partial charge on any atom is -0.458 e. The zero-order chi connectivity index (χ0) is 18.7. The Morgan fingerprint density at radius 2 is 1.76 bits per heavy atom. The molecule has 1 aliphatic heterocycles. The summed E-state index contributed by atoms with van der Waals surface area (Å²) in [5, 5.41) is 0. The van der Waals surface area contributed by atoms with Gasteiger partial charge < -0.3 is 9.47 Å². The van der Waals surface area contributed by atoms with Crippen LogP contribution < -0.4 is 0 Å². The number of unbranched alkanes of at least 4 members (excludes halogenated alkanes) is 7. The molecule has 7 heteroatoms. The Kier molecular flexibility index (Phi) is 9.90. The lowest BCUT2D eigenvalue weighted by molar-refractivity contribution is -0.212. The van der Waals surface area contributed by atoms with Crippen LogP contribution in [-0.4, -0.2) is 30.3 Å². The molecule has 0 bridgehead atoms. The highest BCUT2D eigenvalue weighted by Crippen LogP contribution is 2.26. The van der Waals surface area contributed by atoms with Gasteiger partial charge in [-0.05, 0) is 25.7 Å². The second kappa shape index (κ2) is 11.4. The zero-order valence-corrected chi connectivity index (χ0v) is 14.9. The molecule has 0 aromatic rings. The van der Waals surface area contributed by atoms with Gasteiger partial charge in [0.25, 0.3) is 0 Å². The van der Waals surface area contributed by atoms with Crippen LogP contribution in [-0.2, 0) is 19.1 Å². The third kappa shape index (κ3) is 9.12. The van der Waals surface area contributed by atoms with Crippen LogP contribution in [0.15, 0.2) is 0 Å². The van der Waals surface area contributed by atoms with Gasteiger partial charge in [0.1, 0.15) is 12.2 Å². The second-order valence-corrected chi connectivity index (χ2v) is 6.63. The number of carbonyl (C=O) groups excluding carboxylic acids is 2. The van der Waals surface area contributed by atoms with Crippen molar-refractivity contribution in [3.05, 3.63) is 0 Å². The van der Waals surface area contributed by atoms with Crippen LogP contribution in [0.3, 0.4) is 0 Å². The van der Waals surface area contributed by atoms with Crippen molar-refractivity contribution in [2.24, 2.45) is 0 Å². The quantitative estimate of drug-likeness (QED) is 0.378.